The molecule has 4 atom stereocenters. The maximum absolute atomic E-state index is 6.23. The van der Waals surface area contributed by atoms with Gasteiger partial charge in [-0.3, -0.25) is 4.90 Å². The molecule has 0 radical (unpaired) electrons. The molecule has 4 unspecified atom stereocenters. The van der Waals surface area contributed by atoms with Gasteiger partial charge < -0.3 is 5.73 Å². The molecule has 3 rings (SSSR count). The minimum Gasteiger partial charge on any atom is -0.329 e. The molecule has 0 spiro atoms. The molecular formula is C15H28N2. The van der Waals surface area contributed by atoms with E-state index >= 15 is 0 Å². The zero-order valence-electron chi connectivity index (χ0n) is 11.3. The summed E-state index contributed by atoms with van der Waals surface area (Å²) in [5.74, 6) is 1.94. The molecule has 2 heteroatoms. The summed E-state index contributed by atoms with van der Waals surface area (Å²) in [7, 11) is 0. The molecule has 2 aliphatic carbocycles. The van der Waals surface area contributed by atoms with E-state index < -0.39 is 0 Å². The minimum absolute atomic E-state index is 0.388. The van der Waals surface area contributed by atoms with Crippen LogP contribution in [0.5, 0.6) is 0 Å². The van der Waals surface area contributed by atoms with Gasteiger partial charge in [-0.1, -0.05) is 26.2 Å². The standard InChI is InChI=1S/C15H28N2/c1-2-12-4-3-7-15(9-12,11-16)17-10-13-5-6-14(17)8-13/h12-14H,2-11,16H2,1H3. The first-order valence-corrected chi connectivity index (χ1v) is 7.74. The van der Waals surface area contributed by atoms with E-state index in [0.29, 0.717) is 5.54 Å². The third-order valence-corrected chi connectivity index (χ3v) is 5.90. The summed E-state index contributed by atoms with van der Waals surface area (Å²) < 4.78 is 0. The number of hydrogen-bond acceptors (Lipinski definition) is 2. The van der Waals surface area contributed by atoms with Crippen LogP contribution in [0, 0.1) is 11.8 Å². The molecule has 2 nitrogen and oxygen atoms in total. The number of piperidine rings is 1. The van der Waals surface area contributed by atoms with Gasteiger partial charge >= 0.3 is 0 Å². The number of rotatable bonds is 3. The van der Waals surface area contributed by atoms with Crippen molar-refractivity contribution in [3.05, 3.63) is 0 Å². The number of likely N-dealkylation sites (tertiary alicyclic amines) is 1. The van der Waals surface area contributed by atoms with Gasteiger partial charge in [-0.25, -0.2) is 0 Å². The number of hydrogen-bond donors (Lipinski definition) is 1. The van der Waals surface area contributed by atoms with Crippen LogP contribution >= 0.6 is 0 Å². The molecule has 2 bridgehead atoms. The van der Waals surface area contributed by atoms with Crippen LogP contribution < -0.4 is 5.73 Å². The maximum Gasteiger partial charge on any atom is 0.0337 e. The lowest BCUT2D eigenvalue weighted by molar-refractivity contribution is 0.0115. The Labute approximate surface area is 106 Å². The normalized spacial score (nSPS) is 46.6. The van der Waals surface area contributed by atoms with Gasteiger partial charge in [0.15, 0.2) is 0 Å². The summed E-state index contributed by atoms with van der Waals surface area (Å²) in [4.78, 5) is 2.85. The van der Waals surface area contributed by atoms with Crippen molar-refractivity contribution in [2.75, 3.05) is 13.1 Å². The van der Waals surface area contributed by atoms with E-state index in [1.807, 2.05) is 0 Å². The van der Waals surface area contributed by atoms with Gasteiger partial charge in [0.25, 0.3) is 0 Å². The molecule has 2 saturated carbocycles. The summed E-state index contributed by atoms with van der Waals surface area (Å²) in [5.41, 5.74) is 6.61. The number of nitrogens with two attached hydrogens (primary N) is 1. The molecule has 1 heterocycles. The Morgan fingerprint density at radius 3 is 2.76 bits per heavy atom. The van der Waals surface area contributed by atoms with Crippen molar-refractivity contribution < 1.29 is 0 Å². The lowest BCUT2D eigenvalue weighted by atomic mass is 9.73. The van der Waals surface area contributed by atoms with Crippen LogP contribution in [-0.4, -0.2) is 29.6 Å². The molecular weight excluding hydrogens is 208 g/mol. The number of nitrogens with zero attached hydrogens (tertiary/aromatic N) is 1. The van der Waals surface area contributed by atoms with Gasteiger partial charge in [-0.15, -0.1) is 0 Å². The Hall–Kier alpha value is -0.0800. The summed E-state index contributed by atoms with van der Waals surface area (Å²) in [5, 5.41) is 0. The molecule has 0 amide bonds. The second-order valence-electron chi connectivity index (χ2n) is 6.78. The fraction of sp³-hybridized carbons (Fsp3) is 1.00. The largest absolute Gasteiger partial charge is 0.329 e. The molecule has 2 N–H and O–H groups in total. The maximum atomic E-state index is 6.23. The molecule has 1 saturated heterocycles. The number of fused-ring (bicyclic) bond motifs is 2. The van der Waals surface area contributed by atoms with Crippen LogP contribution in [0.2, 0.25) is 0 Å². The second kappa shape index (κ2) is 4.55. The quantitative estimate of drug-likeness (QED) is 0.816. The zero-order valence-corrected chi connectivity index (χ0v) is 11.3. The van der Waals surface area contributed by atoms with Crippen molar-refractivity contribution in [1.29, 1.82) is 0 Å². The third kappa shape index (κ3) is 1.94. The van der Waals surface area contributed by atoms with Crippen LogP contribution in [0.1, 0.15) is 58.3 Å². The first kappa shape index (κ1) is 12.0. The molecule has 0 aromatic carbocycles. The SMILES string of the molecule is CCC1CCCC(CN)(N2CC3CCC2C3)C1. The molecule has 0 aromatic heterocycles. The summed E-state index contributed by atoms with van der Waals surface area (Å²) in [6, 6.07) is 0.888. The van der Waals surface area contributed by atoms with Gasteiger partial charge in [0.2, 0.25) is 0 Å². The van der Waals surface area contributed by atoms with Crippen LogP contribution in [0.3, 0.4) is 0 Å². The average Bonchev–Trinajstić information content (AvgIpc) is 3.01. The Morgan fingerprint density at radius 1 is 1.29 bits per heavy atom. The average molecular weight is 236 g/mol. The Kier molecular flexibility index (Phi) is 3.20. The predicted molar refractivity (Wildman–Crippen MR) is 71.9 cm³/mol. The fourth-order valence-electron chi connectivity index (χ4n) is 4.88. The molecule has 0 aromatic rings. The highest BCUT2D eigenvalue weighted by molar-refractivity contribution is 5.04. The zero-order chi connectivity index (χ0) is 11.9. The highest BCUT2D eigenvalue weighted by atomic mass is 15.3. The lowest BCUT2D eigenvalue weighted by Crippen LogP contribution is -2.58. The van der Waals surface area contributed by atoms with Crippen molar-refractivity contribution in [3.63, 3.8) is 0 Å². The molecule has 3 fully saturated rings. The van der Waals surface area contributed by atoms with Crippen molar-refractivity contribution >= 4 is 0 Å². The van der Waals surface area contributed by atoms with Gasteiger partial charge in [0.05, 0.1) is 0 Å². The van der Waals surface area contributed by atoms with Gasteiger partial charge in [-0.05, 0) is 43.9 Å². The minimum atomic E-state index is 0.388. The smallest absolute Gasteiger partial charge is 0.0337 e. The Morgan fingerprint density at radius 2 is 2.18 bits per heavy atom. The Balaban J connectivity index is 1.77. The fourth-order valence-corrected chi connectivity index (χ4v) is 4.88. The monoisotopic (exact) mass is 236 g/mol. The highest BCUT2D eigenvalue weighted by Gasteiger charge is 2.49. The van der Waals surface area contributed by atoms with E-state index in [0.717, 1.165) is 24.4 Å². The van der Waals surface area contributed by atoms with E-state index in [1.54, 1.807) is 0 Å². The first-order valence-electron chi connectivity index (χ1n) is 7.74. The molecule has 17 heavy (non-hydrogen) atoms. The van der Waals surface area contributed by atoms with Gasteiger partial charge in [0.1, 0.15) is 0 Å². The predicted octanol–water partition coefficient (Wildman–Crippen LogP) is 2.77. The Bertz CT molecular complexity index is 278. The van der Waals surface area contributed by atoms with E-state index in [9.17, 15) is 0 Å². The van der Waals surface area contributed by atoms with Crippen LogP contribution in [0.4, 0.5) is 0 Å². The van der Waals surface area contributed by atoms with E-state index in [1.165, 1.54) is 57.9 Å². The van der Waals surface area contributed by atoms with Crippen molar-refractivity contribution in [2.45, 2.75) is 69.9 Å². The highest BCUT2D eigenvalue weighted by Crippen LogP contribution is 2.47. The summed E-state index contributed by atoms with van der Waals surface area (Å²) >= 11 is 0. The van der Waals surface area contributed by atoms with E-state index in [2.05, 4.69) is 11.8 Å². The van der Waals surface area contributed by atoms with E-state index in [-0.39, 0.29) is 0 Å². The first-order chi connectivity index (χ1) is 8.27. The van der Waals surface area contributed by atoms with Gasteiger partial charge in [0, 0.05) is 24.7 Å². The molecule has 3 aliphatic rings. The summed E-state index contributed by atoms with van der Waals surface area (Å²) in [6.45, 7) is 4.61. The second-order valence-corrected chi connectivity index (χ2v) is 6.78. The van der Waals surface area contributed by atoms with Crippen molar-refractivity contribution in [2.24, 2.45) is 17.6 Å². The summed E-state index contributed by atoms with van der Waals surface area (Å²) in [6.07, 6.45) is 11.3. The topological polar surface area (TPSA) is 29.3 Å². The third-order valence-electron chi connectivity index (χ3n) is 5.90. The molecule has 1 aliphatic heterocycles. The molecule has 98 valence electrons. The van der Waals surface area contributed by atoms with Crippen molar-refractivity contribution in [1.82, 2.24) is 4.90 Å². The van der Waals surface area contributed by atoms with Gasteiger partial charge in [-0.2, -0.15) is 0 Å². The van der Waals surface area contributed by atoms with Crippen LogP contribution in [0.15, 0.2) is 0 Å². The van der Waals surface area contributed by atoms with Crippen LogP contribution in [-0.2, 0) is 0 Å². The van der Waals surface area contributed by atoms with E-state index in [4.69, 9.17) is 5.73 Å². The van der Waals surface area contributed by atoms with Crippen molar-refractivity contribution in [3.8, 4) is 0 Å². The van der Waals surface area contributed by atoms with Crippen LogP contribution in [0.25, 0.3) is 0 Å². The lowest BCUT2D eigenvalue weighted by Gasteiger charge is -2.50.